The van der Waals surface area contributed by atoms with E-state index >= 15 is 0 Å². The number of nitrogens with one attached hydrogen (secondary N) is 2. The highest BCUT2D eigenvalue weighted by Crippen LogP contribution is 2.43. The predicted molar refractivity (Wildman–Crippen MR) is 237 cm³/mol. The Labute approximate surface area is 355 Å². The normalized spacial score (nSPS) is 12.0. The van der Waals surface area contributed by atoms with E-state index in [1.807, 2.05) is 66.8 Å². The van der Waals surface area contributed by atoms with Crippen LogP contribution in [0.2, 0.25) is 30.1 Å². The van der Waals surface area contributed by atoms with Gasteiger partial charge < -0.3 is 9.97 Å². The lowest BCUT2D eigenvalue weighted by atomic mass is 10.0. The lowest BCUT2D eigenvalue weighted by molar-refractivity contribution is -0.384. The molecule has 7 nitrogen and oxygen atoms in total. The van der Waals surface area contributed by atoms with Crippen molar-refractivity contribution in [3.05, 3.63) is 166 Å². The number of aromatic nitrogens is 4. The van der Waals surface area contributed by atoms with Crippen LogP contribution in [-0.4, -0.2) is 24.9 Å². The first-order valence-electron chi connectivity index (χ1n) is 17.3. The zero-order valence-corrected chi connectivity index (χ0v) is 33.6. The first kappa shape index (κ1) is 37.2. The molecule has 0 unspecified atom stereocenters. The summed E-state index contributed by atoms with van der Waals surface area (Å²) in [7, 11) is 0. The summed E-state index contributed by atoms with van der Waals surface area (Å²) in [6.45, 7) is 0. The molecule has 0 spiro atoms. The summed E-state index contributed by atoms with van der Waals surface area (Å²) in [6, 6.07) is 30.1. The standard InChI is InChI=1S/C44H23Cl6N5O2/c45-22-5-8-25(29(48)19-22)41-32-11-13-34(51-32)42(26-9-6-23(46)20-30(26)49)36-15-17-38(53-36)44(28-3-1-2-4-40(28)55(56)57)39-18-16-37(54-39)43(35-14-12-33(41)52-35)27-10-7-24(47)21-31(27)50/h1-21,51,54H. The molecule has 3 aromatic heterocycles. The molecule has 0 atom stereocenters. The highest BCUT2D eigenvalue weighted by atomic mass is 35.5. The Balaban J connectivity index is 1.51. The van der Waals surface area contributed by atoms with Gasteiger partial charge in [-0.05, 0) is 91.0 Å². The van der Waals surface area contributed by atoms with Gasteiger partial charge in [0.2, 0.25) is 0 Å². The van der Waals surface area contributed by atoms with Crippen molar-refractivity contribution in [1.29, 1.82) is 0 Å². The average Bonchev–Trinajstić information content (AvgIpc) is 4.02. The minimum absolute atomic E-state index is 0.0854. The molecule has 278 valence electrons. The fourth-order valence-electron chi connectivity index (χ4n) is 7.26. The molecule has 4 aromatic carbocycles. The van der Waals surface area contributed by atoms with Crippen LogP contribution in [0.5, 0.6) is 0 Å². The monoisotopic (exact) mass is 863 g/mol. The SMILES string of the molecule is O=[N+]([O-])c1ccccc1-c1c2nc(c(-c3ccc(Cl)cc3Cl)c3ccc([nH]3)c(-c3ccc(Cl)cc3Cl)c3nc(c(-c4ccc(Cl)cc4Cl)c4ccc1[nH]4)C=C3)C=C2. The topological polar surface area (TPSA) is 100 Å². The highest BCUT2D eigenvalue weighted by molar-refractivity contribution is 6.38. The molecular weight excluding hydrogens is 843 g/mol. The van der Waals surface area contributed by atoms with Crippen LogP contribution in [0, 0.1) is 10.1 Å². The van der Waals surface area contributed by atoms with E-state index < -0.39 is 4.92 Å². The van der Waals surface area contributed by atoms with Gasteiger partial charge in [0.15, 0.2) is 0 Å². The number of nitro benzene ring substituents is 1. The van der Waals surface area contributed by atoms with Gasteiger partial charge in [-0.3, -0.25) is 10.1 Å². The molecule has 13 heteroatoms. The second-order valence-corrected chi connectivity index (χ2v) is 15.7. The number of nitro groups is 1. The van der Waals surface area contributed by atoms with Gasteiger partial charge in [-0.25, -0.2) is 9.97 Å². The zero-order valence-electron chi connectivity index (χ0n) is 29.1. The van der Waals surface area contributed by atoms with E-state index in [4.69, 9.17) is 79.6 Å². The molecule has 0 amide bonds. The maximum absolute atomic E-state index is 12.5. The summed E-state index contributed by atoms with van der Waals surface area (Å²) in [4.78, 5) is 29.7. The maximum Gasteiger partial charge on any atom is 0.277 e. The minimum Gasteiger partial charge on any atom is -0.354 e. The van der Waals surface area contributed by atoms with Crippen LogP contribution < -0.4 is 0 Å². The Hall–Kier alpha value is -5.38. The van der Waals surface area contributed by atoms with Gasteiger partial charge in [-0.15, -0.1) is 0 Å². The lowest BCUT2D eigenvalue weighted by Crippen LogP contribution is -1.94. The summed E-state index contributed by atoms with van der Waals surface area (Å²) < 4.78 is 0. The van der Waals surface area contributed by atoms with Gasteiger partial charge >= 0.3 is 0 Å². The molecule has 2 N–H and O–H groups in total. The number of fused-ring (bicyclic) bond motifs is 8. The van der Waals surface area contributed by atoms with Crippen molar-refractivity contribution < 1.29 is 4.92 Å². The number of nitrogens with zero attached hydrogens (tertiary/aromatic N) is 3. The highest BCUT2D eigenvalue weighted by Gasteiger charge is 2.24. The van der Waals surface area contributed by atoms with E-state index in [0.29, 0.717) is 119 Å². The van der Waals surface area contributed by atoms with Crippen molar-refractivity contribution in [1.82, 2.24) is 19.9 Å². The summed E-state index contributed by atoms with van der Waals surface area (Å²) in [5.74, 6) is 0. The van der Waals surface area contributed by atoms with Crippen molar-refractivity contribution in [3.63, 3.8) is 0 Å². The van der Waals surface area contributed by atoms with E-state index in [1.165, 1.54) is 6.07 Å². The predicted octanol–water partition coefficient (Wildman–Crippen LogP) is 15.2. The molecule has 0 saturated carbocycles. The Morgan fingerprint density at radius 1 is 0.439 bits per heavy atom. The van der Waals surface area contributed by atoms with E-state index in [-0.39, 0.29) is 5.69 Å². The number of hydrogen-bond acceptors (Lipinski definition) is 4. The molecule has 8 bridgehead atoms. The van der Waals surface area contributed by atoms with Crippen LogP contribution in [0.15, 0.2) is 103 Å². The van der Waals surface area contributed by atoms with E-state index in [2.05, 4.69) is 9.97 Å². The van der Waals surface area contributed by atoms with E-state index in [9.17, 15) is 10.1 Å². The first-order valence-corrected chi connectivity index (χ1v) is 19.6. The Kier molecular flexibility index (Phi) is 9.69. The largest absolute Gasteiger partial charge is 0.354 e. The van der Waals surface area contributed by atoms with E-state index in [0.717, 1.165) is 0 Å². The van der Waals surface area contributed by atoms with Crippen LogP contribution in [0.4, 0.5) is 5.69 Å². The number of aromatic amines is 2. The minimum atomic E-state index is -0.401. The van der Waals surface area contributed by atoms with Gasteiger partial charge in [-0.1, -0.05) is 99.9 Å². The Morgan fingerprint density at radius 2 is 0.772 bits per heavy atom. The summed E-state index contributed by atoms with van der Waals surface area (Å²) >= 11 is 39.9. The van der Waals surface area contributed by atoms with Crippen molar-refractivity contribution in [3.8, 4) is 44.5 Å². The first-order chi connectivity index (χ1) is 27.5. The summed E-state index contributed by atoms with van der Waals surface area (Å²) in [5, 5.41) is 15.2. The van der Waals surface area contributed by atoms with Crippen molar-refractivity contribution in [2.24, 2.45) is 0 Å². The van der Waals surface area contributed by atoms with Crippen molar-refractivity contribution in [2.45, 2.75) is 0 Å². The molecule has 9 rings (SSSR count). The van der Waals surface area contributed by atoms with Gasteiger partial charge in [-0.2, -0.15) is 0 Å². The maximum atomic E-state index is 12.5. The van der Waals surface area contributed by atoms with Gasteiger partial charge in [0.25, 0.3) is 5.69 Å². The smallest absolute Gasteiger partial charge is 0.277 e. The fourth-order valence-corrected chi connectivity index (χ4v) is 8.77. The second kappa shape index (κ2) is 14.8. The second-order valence-electron chi connectivity index (χ2n) is 13.1. The third-order valence-electron chi connectivity index (χ3n) is 9.73. The average molecular weight is 866 g/mol. The van der Waals surface area contributed by atoms with E-state index in [1.54, 1.807) is 54.6 Å². The van der Waals surface area contributed by atoms with Crippen molar-refractivity contribution in [2.75, 3.05) is 0 Å². The molecular formula is C44H23Cl6N5O2. The summed E-state index contributed by atoms with van der Waals surface area (Å²) in [5.41, 5.74) is 9.66. The molecule has 2 aliphatic rings. The summed E-state index contributed by atoms with van der Waals surface area (Å²) in [6.07, 6.45) is 7.52. The van der Waals surface area contributed by atoms with Crippen LogP contribution >= 0.6 is 69.6 Å². The fraction of sp³-hybridized carbons (Fsp3) is 0. The molecule has 57 heavy (non-hydrogen) atoms. The number of para-hydroxylation sites is 1. The molecule has 0 fully saturated rings. The third-order valence-corrected chi connectivity index (χ3v) is 11.4. The molecule has 0 aliphatic carbocycles. The zero-order chi connectivity index (χ0) is 39.5. The number of halogens is 6. The van der Waals surface area contributed by atoms with Crippen LogP contribution in [-0.2, 0) is 0 Å². The van der Waals surface area contributed by atoms with Crippen LogP contribution in [0.3, 0.4) is 0 Å². The third kappa shape index (κ3) is 6.80. The Bertz CT molecular complexity index is 3050. The molecule has 0 radical (unpaired) electrons. The van der Waals surface area contributed by atoms with Gasteiger partial charge in [0, 0.05) is 82.1 Å². The number of benzene rings is 4. The number of H-pyrrole nitrogens is 2. The number of hydrogen-bond donors (Lipinski definition) is 2. The molecule has 5 heterocycles. The Morgan fingerprint density at radius 3 is 1.11 bits per heavy atom. The molecule has 2 aliphatic heterocycles. The van der Waals surface area contributed by atoms with Gasteiger partial charge in [0.1, 0.15) is 0 Å². The quantitative estimate of drug-likeness (QED) is 0.133. The van der Waals surface area contributed by atoms with Crippen LogP contribution in [0.1, 0.15) is 22.8 Å². The van der Waals surface area contributed by atoms with Crippen LogP contribution in [0.25, 0.3) is 90.9 Å². The van der Waals surface area contributed by atoms with Gasteiger partial charge in [0.05, 0.1) is 48.3 Å². The van der Waals surface area contributed by atoms with Crippen molar-refractivity contribution >= 4 is 122 Å². The molecule has 0 saturated heterocycles. The molecule has 7 aromatic rings. The lowest BCUT2D eigenvalue weighted by Gasteiger charge is -2.09. The number of rotatable bonds is 5.